The number of para-hydroxylation sites is 2. The van der Waals surface area contributed by atoms with Crippen LogP contribution in [0.1, 0.15) is 25.7 Å². The molecule has 0 bridgehead atoms. The fraction of sp³-hybridized carbons (Fsp3) is 0.600. The molecule has 0 saturated heterocycles. The van der Waals surface area contributed by atoms with Crippen LogP contribution in [0.5, 0.6) is 11.5 Å². The molecule has 1 aromatic rings. The summed E-state index contributed by atoms with van der Waals surface area (Å²) in [5.41, 5.74) is 0. The zero-order valence-corrected chi connectivity index (χ0v) is 11.0. The summed E-state index contributed by atoms with van der Waals surface area (Å²) in [6.45, 7) is 1.59. The van der Waals surface area contributed by atoms with Crippen LogP contribution in [0.15, 0.2) is 24.3 Å². The fourth-order valence-electron chi connectivity index (χ4n) is 2.59. The molecule has 0 unspecified atom stereocenters. The summed E-state index contributed by atoms with van der Waals surface area (Å²) in [6, 6.07) is 7.15. The number of methoxy groups -OCH3 is 1. The lowest BCUT2D eigenvalue weighted by molar-refractivity contribution is 0.106. The van der Waals surface area contributed by atoms with E-state index in [1.807, 2.05) is 12.1 Å². The molecule has 3 heteroatoms. The number of phenols is 1. The van der Waals surface area contributed by atoms with E-state index in [9.17, 15) is 5.11 Å². The number of benzene rings is 1. The maximum absolute atomic E-state index is 9.61. The van der Waals surface area contributed by atoms with Crippen LogP contribution in [-0.4, -0.2) is 25.4 Å². The molecule has 0 amide bonds. The average molecular weight is 250 g/mol. The monoisotopic (exact) mass is 250 g/mol. The van der Waals surface area contributed by atoms with Gasteiger partial charge in [-0.25, -0.2) is 0 Å². The van der Waals surface area contributed by atoms with Gasteiger partial charge in [-0.3, -0.25) is 0 Å². The summed E-state index contributed by atoms with van der Waals surface area (Å²) in [5.74, 6) is 2.15. The molecular weight excluding hydrogens is 228 g/mol. The second-order valence-corrected chi connectivity index (χ2v) is 5.12. The third kappa shape index (κ3) is 3.64. The summed E-state index contributed by atoms with van der Waals surface area (Å²) >= 11 is 0. The minimum absolute atomic E-state index is 0.227. The Hall–Kier alpha value is -1.22. The van der Waals surface area contributed by atoms with E-state index in [4.69, 9.17) is 9.47 Å². The molecule has 1 aliphatic carbocycles. The Morgan fingerprint density at radius 3 is 2.28 bits per heavy atom. The van der Waals surface area contributed by atoms with Crippen molar-refractivity contribution < 1.29 is 14.6 Å². The normalized spacial score (nSPS) is 23.8. The zero-order valence-electron chi connectivity index (χ0n) is 11.0. The van der Waals surface area contributed by atoms with E-state index in [0.717, 1.165) is 12.5 Å². The van der Waals surface area contributed by atoms with Crippen LogP contribution in [0.2, 0.25) is 0 Å². The molecule has 1 saturated carbocycles. The van der Waals surface area contributed by atoms with E-state index in [0.29, 0.717) is 18.3 Å². The van der Waals surface area contributed by atoms with Gasteiger partial charge < -0.3 is 14.6 Å². The number of hydrogen-bond donors (Lipinski definition) is 1. The quantitative estimate of drug-likeness (QED) is 0.872. The third-order valence-corrected chi connectivity index (χ3v) is 3.71. The third-order valence-electron chi connectivity index (χ3n) is 3.71. The molecule has 1 aliphatic rings. The Balaban J connectivity index is 1.74. The molecule has 100 valence electrons. The minimum atomic E-state index is 0.227. The van der Waals surface area contributed by atoms with Gasteiger partial charge in [-0.15, -0.1) is 0 Å². The van der Waals surface area contributed by atoms with E-state index in [2.05, 4.69) is 0 Å². The molecule has 3 nitrogen and oxygen atoms in total. The van der Waals surface area contributed by atoms with Gasteiger partial charge in [0.15, 0.2) is 11.5 Å². The van der Waals surface area contributed by atoms with E-state index >= 15 is 0 Å². The van der Waals surface area contributed by atoms with Gasteiger partial charge in [-0.1, -0.05) is 12.1 Å². The molecule has 0 spiro atoms. The topological polar surface area (TPSA) is 38.7 Å². The van der Waals surface area contributed by atoms with Crippen molar-refractivity contribution in [3.05, 3.63) is 24.3 Å². The Kier molecular flexibility index (Phi) is 4.88. The van der Waals surface area contributed by atoms with Crippen molar-refractivity contribution in [3.8, 4) is 11.5 Å². The lowest BCUT2D eigenvalue weighted by Gasteiger charge is -2.27. The molecule has 18 heavy (non-hydrogen) atoms. The Morgan fingerprint density at radius 2 is 1.67 bits per heavy atom. The summed E-state index contributed by atoms with van der Waals surface area (Å²) in [4.78, 5) is 0. The lowest BCUT2D eigenvalue weighted by Crippen LogP contribution is -2.22. The Labute approximate surface area is 109 Å². The number of ether oxygens (including phenoxy) is 2. The highest BCUT2D eigenvalue weighted by molar-refractivity contribution is 5.37. The first kappa shape index (κ1) is 13.2. The van der Waals surface area contributed by atoms with Gasteiger partial charge in [0.25, 0.3) is 0 Å². The van der Waals surface area contributed by atoms with Gasteiger partial charge >= 0.3 is 0 Å². The predicted octanol–water partition coefficient (Wildman–Crippen LogP) is 3.22. The van der Waals surface area contributed by atoms with Crippen LogP contribution in [0.4, 0.5) is 0 Å². The first-order chi connectivity index (χ1) is 8.79. The second kappa shape index (κ2) is 6.64. The fourth-order valence-corrected chi connectivity index (χ4v) is 2.59. The highest BCUT2D eigenvalue weighted by Gasteiger charge is 2.21. The molecule has 0 aromatic heterocycles. The number of phenolic OH excluding ortho intramolecular Hbond substituents is 1. The van der Waals surface area contributed by atoms with Crippen molar-refractivity contribution in [2.24, 2.45) is 11.8 Å². The van der Waals surface area contributed by atoms with Gasteiger partial charge in [0.05, 0.1) is 6.61 Å². The summed E-state index contributed by atoms with van der Waals surface area (Å²) in [5, 5.41) is 9.61. The van der Waals surface area contributed by atoms with Crippen molar-refractivity contribution in [2.75, 3.05) is 20.3 Å². The summed E-state index contributed by atoms with van der Waals surface area (Å²) in [6.07, 6.45) is 4.84. The average Bonchev–Trinajstić information content (AvgIpc) is 2.40. The van der Waals surface area contributed by atoms with Crippen molar-refractivity contribution >= 4 is 0 Å². The van der Waals surface area contributed by atoms with E-state index in [1.54, 1.807) is 19.2 Å². The molecule has 0 atom stereocenters. The van der Waals surface area contributed by atoms with E-state index in [-0.39, 0.29) is 5.75 Å². The van der Waals surface area contributed by atoms with Gasteiger partial charge in [-0.05, 0) is 49.7 Å². The van der Waals surface area contributed by atoms with Crippen LogP contribution in [0, 0.1) is 11.8 Å². The SMILES string of the molecule is COCC1CCC(COc2ccccc2O)CC1. The van der Waals surface area contributed by atoms with Gasteiger partial charge in [-0.2, -0.15) is 0 Å². The van der Waals surface area contributed by atoms with Crippen LogP contribution in [-0.2, 0) is 4.74 Å². The molecule has 1 N–H and O–H groups in total. The van der Waals surface area contributed by atoms with Gasteiger partial charge in [0, 0.05) is 13.7 Å². The van der Waals surface area contributed by atoms with Crippen LogP contribution < -0.4 is 4.74 Å². The Morgan fingerprint density at radius 1 is 1.06 bits per heavy atom. The first-order valence-electron chi connectivity index (χ1n) is 6.69. The van der Waals surface area contributed by atoms with Crippen LogP contribution >= 0.6 is 0 Å². The van der Waals surface area contributed by atoms with Crippen molar-refractivity contribution in [2.45, 2.75) is 25.7 Å². The smallest absolute Gasteiger partial charge is 0.160 e. The second-order valence-electron chi connectivity index (χ2n) is 5.12. The number of aromatic hydroxyl groups is 1. The van der Waals surface area contributed by atoms with Gasteiger partial charge in [0.1, 0.15) is 0 Å². The van der Waals surface area contributed by atoms with Gasteiger partial charge in [0.2, 0.25) is 0 Å². The molecule has 1 aromatic carbocycles. The van der Waals surface area contributed by atoms with Crippen LogP contribution in [0.3, 0.4) is 0 Å². The van der Waals surface area contributed by atoms with Crippen molar-refractivity contribution in [3.63, 3.8) is 0 Å². The predicted molar refractivity (Wildman–Crippen MR) is 70.9 cm³/mol. The van der Waals surface area contributed by atoms with Crippen molar-refractivity contribution in [1.29, 1.82) is 0 Å². The maximum Gasteiger partial charge on any atom is 0.160 e. The highest BCUT2D eigenvalue weighted by Crippen LogP contribution is 2.31. The number of rotatable bonds is 5. The van der Waals surface area contributed by atoms with E-state index < -0.39 is 0 Å². The Bertz CT molecular complexity index is 357. The zero-order chi connectivity index (χ0) is 12.8. The molecule has 1 fully saturated rings. The molecule has 0 heterocycles. The number of hydrogen-bond acceptors (Lipinski definition) is 3. The van der Waals surface area contributed by atoms with Crippen molar-refractivity contribution in [1.82, 2.24) is 0 Å². The minimum Gasteiger partial charge on any atom is -0.504 e. The maximum atomic E-state index is 9.61. The van der Waals surface area contributed by atoms with Crippen LogP contribution in [0.25, 0.3) is 0 Å². The molecular formula is C15H22O3. The highest BCUT2D eigenvalue weighted by atomic mass is 16.5. The molecule has 0 radical (unpaired) electrons. The summed E-state index contributed by atoms with van der Waals surface area (Å²) < 4.78 is 10.9. The summed E-state index contributed by atoms with van der Waals surface area (Å²) in [7, 11) is 1.77. The lowest BCUT2D eigenvalue weighted by atomic mass is 9.83. The first-order valence-corrected chi connectivity index (χ1v) is 6.69. The molecule has 0 aliphatic heterocycles. The van der Waals surface area contributed by atoms with E-state index in [1.165, 1.54) is 25.7 Å². The standard InChI is InChI=1S/C15H22O3/c1-17-10-12-6-8-13(9-7-12)11-18-15-5-3-2-4-14(15)16/h2-5,12-13,16H,6-11H2,1H3. The molecule has 2 rings (SSSR count). The largest absolute Gasteiger partial charge is 0.504 e.